The third-order valence-electron chi connectivity index (χ3n) is 4.52. The first-order chi connectivity index (χ1) is 10.2. The average Bonchev–Trinajstić information content (AvgIpc) is 2.95. The summed E-state index contributed by atoms with van der Waals surface area (Å²) in [4.78, 5) is 0. The Hall–Kier alpha value is -1.38. The lowest BCUT2D eigenvalue weighted by atomic mass is 9.79. The Kier molecular flexibility index (Phi) is 4.27. The Morgan fingerprint density at radius 1 is 1.14 bits per heavy atom. The van der Waals surface area contributed by atoms with Crippen molar-refractivity contribution in [1.29, 1.82) is 0 Å². The molecule has 1 N–H and O–H groups in total. The lowest BCUT2D eigenvalue weighted by Crippen LogP contribution is -2.39. The minimum Gasteiger partial charge on any atom is -0.381 e. The summed E-state index contributed by atoms with van der Waals surface area (Å²) in [5, 5.41) is 6.34. The molecule has 0 saturated carbocycles. The Morgan fingerprint density at radius 2 is 1.95 bits per heavy atom. The van der Waals surface area contributed by atoms with Crippen LogP contribution in [0.2, 0.25) is 0 Å². The molecule has 0 spiro atoms. The van der Waals surface area contributed by atoms with Crippen LogP contribution >= 0.6 is 0 Å². The molecule has 1 aliphatic rings. The van der Waals surface area contributed by atoms with E-state index in [4.69, 9.17) is 4.74 Å². The summed E-state index contributed by atoms with van der Waals surface area (Å²) in [5.41, 5.74) is 1.69. The summed E-state index contributed by atoms with van der Waals surface area (Å²) in [7, 11) is 0. The van der Waals surface area contributed by atoms with Gasteiger partial charge in [0.15, 0.2) is 0 Å². The van der Waals surface area contributed by atoms with Gasteiger partial charge in [0, 0.05) is 24.6 Å². The molecule has 2 aromatic carbocycles. The van der Waals surface area contributed by atoms with Gasteiger partial charge in [-0.3, -0.25) is 0 Å². The number of hydrogen-bond acceptors (Lipinski definition) is 2. The molecule has 2 aromatic rings. The number of ether oxygens (including phenoxy) is 1. The second-order valence-electron chi connectivity index (χ2n) is 6.65. The topological polar surface area (TPSA) is 21.3 Å². The van der Waals surface area contributed by atoms with Gasteiger partial charge in [0.05, 0.1) is 6.61 Å². The number of fused-ring (bicyclic) bond motifs is 1. The Morgan fingerprint density at radius 3 is 2.71 bits per heavy atom. The maximum absolute atomic E-state index is 5.74. The van der Waals surface area contributed by atoms with Crippen molar-refractivity contribution in [1.82, 2.24) is 5.32 Å². The van der Waals surface area contributed by atoms with Crippen molar-refractivity contribution in [3.8, 4) is 0 Å². The second kappa shape index (κ2) is 6.17. The molecule has 21 heavy (non-hydrogen) atoms. The van der Waals surface area contributed by atoms with E-state index in [1.165, 1.54) is 16.3 Å². The molecule has 3 rings (SSSR count). The molecular formula is C19H25NO. The fourth-order valence-electron chi connectivity index (χ4n) is 3.26. The van der Waals surface area contributed by atoms with E-state index in [1.54, 1.807) is 0 Å². The highest BCUT2D eigenvalue weighted by molar-refractivity contribution is 5.85. The van der Waals surface area contributed by atoms with Gasteiger partial charge in [0.1, 0.15) is 0 Å². The fourth-order valence-corrected chi connectivity index (χ4v) is 3.26. The zero-order chi connectivity index (χ0) is 14.7. The van der Waals surface area contributed by atoms with E-state index >= 15 is 0 Å². The number of nitrogens with one attached hydrogen (secondary N) is 1. The third-order valence-corrected chi connectivity index (χ3v) is 4.52. The third kappa shape index (κ3) is 3.28. The van der Waals surface area contributed by atoms with Gasteiger partial charge in [-0.2, -0.15) is 0 Å². The quantitative estimate of drug-likeness (QED) is 0.901. The highest BCUT2D eigenvalue weighted by Crippen LogP contribution is 2.34. The van der Waals surface area contributed by atoms with Crippen molar-refractivity contribution in [2.24, 2.45) is 5.41 Å². The van der Waals surface area contributed by atoms with Crippen molar-refractivity contribution < 1.29 is 4.74 Å². The molecule has 1 heterocycles. The fraction of sp³-hybridized carbons (Fsp3) is 0.474. The van der Waals surface area contributed by atoms with Crippen molar-refractivity contribution in [2.45, 2.75) is 32.7 Å². The first kappa shape index (κ1) is 14.6. The summed E-state index contributed by atoms with van der Waals surface area (Å²) in [5.74, 6) is 0. The van der Waals surface area contributed by atoms with Crippen LogP contribution < -0.4 is 5.32 Å². The standard InChI is InChI=1S/C19H25NO/c1-15(2)20-13-19(10-11-21-14-19)12-17-8-5-7-16-6-3-4-9-18(16)17/h3-9,15,20H,10-14H2,1-2H3. The van der Waals surface area contributed by atoms with Gasteiger partial charge in [-0.1, -0.05) is 56.3 Å². The molecular weight excluding hydrogens is 258 g/mol. The largest absolute Gasteiger partial charge is 0.381 e. The van der Waals surface area contributed by atoms with Gasteiger partial charge in [-0.25, -0.2) is 0 Å². The molecule has 1 aliphatic heterocycles. The lowest BCUT2D eigenvalue weighted by molar-refractivity contribution is 0.148. The van der Waals surface area contributed by atoms with E-state index in [0.717, 1.165) is 32.6 Å². The zero-order valence-electron chi connectivity index (χ0n) is 13.1. The molecule has 0 aliphatic carbocycles. The SMILES string of the molecule is CC(C)NCC1(Cc2cccc3ccccc23)CCOC1. The Balaban J connectivity index is 1.88. The molecule has 0 amide bonds. The van der Waals surface area contributed by atoms with Crippen LogP contribution in [0.4, 0.5) is 0 Å². The highest BCUT2D eigenvalue weighted by Gasteiger charge is 2.35. The molecule has 0 radical (unpaired) electrons. The zero-order valence-corrected chi connectivity index (χ0v) is 13.1. The van der Waals surface area contributed by atoms with Crippen LogP contribution in [0.25, 0.3) is 10.8 Å². The van der Waals surface area contributed by atoms with E-state index < -0.39 is 0 Å². The van der Waals surface area contributed by atoms with Gasteiger partial charge in [0.25, 0.3) is 0 Å². The first-order valence-electron chi connectivity index (χ1n) is 7.96. The van der Waals surface area contributed by atoms with Crippen LogP contribution in [-0.2, 0) is 11.2 Å². The van der Waals surface area contributed by atoms with Crippen molar-refractivity contribution in [3.63, 3.8) is 0 Å². The van der Waals surface area contributed by atoms with Gasteiger partial charge >= 0.3 is 0 Å². The molecule has 1 saturated heterocycles. The van der Waals surface area contributed by atoms with Crippen LogP contribution in [0.3, 0.4) is 0 Å². The minimum absolute atomic E-state index is 0.244. The summed E-state index contributed by atoms with van der Waals surface area (Å²) < 4.78 is 5.74. The van der Waals surface area contributed by atoms with Gasteiger partial charge in [-0.15, -0.1) is 0 Å². The van der Waals surface area contributed by atoms with Gasteiger partial charge in [0.2, 0.25) is 0 Å². The molecule has 1 fully saturated rings. The van der Waals surface area contributed by atoms with E-state index in [9.17, 15) is 0 Å². The van der Waals surface area contributed by atoms with E-state index in [-0.39, 0.29) is 5.41 Å². The molecule has 112 valence electrons. The molecule has 0 aromatic heterocycles. The Bertz CT molecular complexity index is 594. The van der Waals surface area contributed by atoms with Crippen molar-refractivity contribution in [2.75, 3.05) is 19.8 Å². The average molecular weight is 283 g/mol. The van der Waals surface area contributed by atoms with Crippen LogP contribution in [0, 0.1) is 5.41 Å². The van der Waals surface area contributed by atoms with E-state index in [1.807, 2.05) is 0 Å². The Labute approximate surface area is 127 Å². The highest BCUT2D eigenvalue weighted by atomic mass is 16.5. The molecule has 1 atom stereocenters. The number of rotatable bonds is 5. The van der Waals surface area contributed by atoms with E-state index in [2.05, 4.69) is 61.6 Å². The van der Waals surface area contributed by atoms with Crippen LogP contribution in [0.1, 0.15) is 25.8 Å². The molecule has 2 heteroatoms. The minimum atomic E-state index is 0.244. The molecule has 2 nitrogen and oxygen atoms in total. The van der Waals surface area contributed by atoms with Gasteiger partial charge in [-0.05, 0) is 29.2 Å². The first-order valence-corrected chi connectivity index (χ1v) is 7.96. The summed E-state index contributed by atoms with van der Waals surface area (Å²) >= 11 is 0. The van der Waals surface area contributed by atoms with Crippen LogP contribution in [0.5, 0.6) is 0 Å². The predicted molar refractivity (Wildman–Crippen MR) is 88.7 cm³/mol. The van der Waals surface area contributed by atoms with Crippen LogP contribution in [0.15, 0.2) is 42.5 Å². The molecule has 1 unspecified atom stereocenters. The smallest absolute Gasteiger partial charge is 0.0538 e. The summed E-state index contributed by atoms with van der Waals surface area (Å²) in [6, 6.07) is 15.9. The lowest BCUT2D eigenvalue weighted by Gasteiger charge is -2.29. The maximum atomic E-state index is 5.74. The number of benzene rings is 2. The van der Waals surface area contributed by atoms with Crippen molar-refractivity contribution >= 4 is 10.8 Å². The summed E-state index contributed by atoms with van der Waals surface area (Å²) in [6.07, 6.45) is 2.24. The monoisotopic (exact) mass is 283 g/mol. The van der Waals surface area contributed by atoms with Crippen molar-refractivity contribution in [3.05, 3.63) is 48.0 Å². The normalized spacial score (nSPS) is 22.2. The second-order valence-corrected chi connectivity index (χ2v) is 6.65. The van der Waals surface area contributed by atoms with E-state index in [0.29, 0.717) is 6.04 Å². The summed E-state index contributed by atoms with van der Waals surface area (Å²) in [6.45, 7) is 7.22. The maximum Gasteiger partial charge on any atom is 0.0538 e. The number of hydrogen-bond donors (Lipinski definition) is 1. The van der Waals surface area contributed by atoms with Gasteiger partial charge < -0.3 is 10.1 Å². The van der Waals surface area contributed by atoms with Crippen LogP contribution in [-0.4, -0.2) is 25.8 Å². The predicted octanol–water partition coefficient (Wildman–Crippen LogP) is 3.79. The molecule has 0 bridgehead atoms.